The smallest absolute Gasteiger partial charge is 0.267 e. The van der Waals surface area contributed by atoms with Crippen LogP contribution in [0.1, 0.15) is 31.1 Å². The molecule has 6 heteroatoms. The van der Waals surface area contributed by atoms with Crippen molar-refractivity contribution < 1.29 is 9.59 Å². The van der Waals surface area contributed by atoms with Crippen molar-refractivity contribution in [1.29, 1.82) is 5.26 Å². The predicted octanol–water partition coefficient (Wildman–Crippen LogP) is 2.17. The van der Waals surface area contributed by atoms with Crippen LogP contribution in [0.4, 0.5) is 5.69 Å². The Kier molecular flexibility index (Phi) is 8.23. The van der Waals surface area contributed by atoms with Crippen LogP contribution in [0.15, 0.2) is 36.0 Å². The van der Waals surface area contributed by atoms with Crippen molar-refractivity contribution in [2.75, 3.05) is 31.5 Å². The molecule has 0 fully saturated rings. The molecule has 128 valence electrons. The third kappa shape index (κ3) is 6.23. The number of carbonyl (C=O) groups is 2. The largest absolute Gasteiger partial charge is 0.388 e. The van der Waals surface area contributed by atoms with E-state index in [0.29, 0.717) is 17.8 Å². The molecule has 24 heavy (non-hydrogen) atoms. The van der Waals surface area contributed by atoms with Crippen molar-refractivity contribution in [3.8, 4) is 6.07 Å². The predicted molar refractivity (Wildman–Crippen MR) is 94.6 cm³/mol. The molecule has 0 unspecified atom stereocenters. The number of anilines is 1. The van der Waals surface area contributed by atoms with Gasteiger partial charge in [-0.15, -0.1) is 0 Å². The second kappa shape index (κ2) is 10.2. The van der Waals surface area contributed by atoms with E-state index in [1.807, 2.05) is 6.07 Å². The zero-order valence-electron chi connectivity index (χ0n) is 14.4. The maximum atomic E-state index is 12.1. The summed E-state index contributed by atoms with van der Waals surface area (Å²) in [5, 5.41) is 14.8. The van der Waals surface area contributed by atoms with Crippen LogP contribution in [-0.4, -0.2) is 42.8 Å². The average molecular weight is 328 g/mol. The van der Waals surface area contributed by atoms with Gasteiger partial charge in [0.2, 0.25) is 0 Å². The van der Waals surface area contributed by atoms with Crippen molar-refractivity contribution >= 4 is 17.4 Å². The van der Waals surface area contributed by atoms with Gasteiger partial charge in [0.1, 0.15) is 11.6 Å². The zero-order chi connectivity index (χ0) is 17.9. The molecule has 0 bridgehead atoms. The minimum Gasteiger partial charge on any atom is -0.388 e. The van der Waals surface area contributed by atoms with Crippen LogP contribution in [0.5, 0.6) is 0 Å². The van der Waals surface area contributed by atoms with E-state index in [9.17, 15) is 9.59 Å². The minimum absolute atomic E-state index is 0.0113. The molecular formula is C18H24N4O2. The van der Waals surface area contributed by atoms with E-state index in [0.717, 1.165) is 19.6 Å². The van der Waals surface area contributed by atoms with Crippen LogP contribution in [0.3, 0.4) is 0 Å². The summed E-state index contributed by atoms with van der Waals surface area (Å²) in [5.74, 6) is -0.589. The number of carbonyl (C=O) groups excluding carboxylic acids is 2. The number of amides is 1. The Labute approximate surface area is 143 Å². The number of Topliss-reactive ketones (excluding diaryl/α,β-unsaturated/α-hetero) is 1. The maximum absolute atomic E-state index is 12.1. The van der Waals surface area contributed by atoms with Crippen LogP contribution >= 0.6 is 0 Å². The molecule has 0 spiro atoms. The first-order chi connectivity index (χ1) is 11.5. The molecule has 0 heterocycles. The maximum Gasteiger partial charge on any atom is 0.267 e. The number of likely N-dealkylation sites (N-methyl/N-ethyl adjacent to an activating group) is 1. The SMILES string of the molecule is CCN(CC)CCN/C=C(/C#N)C(=O)Nc1cccc(C(C)=O)c1. The van der Waals surface area contributed by atoms with Crippen LogP contribution in [0.2, 0.25) is 0 Å². The van der Waals surface area contributed by atoms with Gasteiger partial charge in [0.15, 0.2) is 5.78 Å². The van der Waals surface area contributed by atoms with Crippen molar-refractivity contribution in [1.82, 2.24) is 10.2 Å². The third-order valence-electron chi connectivity index (χ3n) is 3.61. The highest BCUT2D eigenvalue weighted by Crippen LogP contribution is 2.12. The molecule has 0 radical (unpaired) electrons. The van der Waals surface area contributed by atoms with Gasteiger partial charge in [-0.1, -0.05) is 26.0 Å². The Morgan fingerprint density at radius 2 is 2.00 bits per heavy atom. The molecular weight excluding hydrogens is 304 g/mol. The lowest BCUT2D eigenvalue weighted by atomic mass is 10.1. The van der Waals surface area contributed by atoms with Crippen molar-refractivity contribution in [2.45, 2.75) is 20.8 Å². The molecule has 2 N–H and O–H groups in total. The Hall–Kier alpha value is -2.65. The molecule has 1 aromatic carbocycles. The van der Waals surface area contributed by atoms with Crippen molar-refractivity contribution in [3.05, 3.63) is 41.6 Å². The lowest BCUT2D eigenvalue weighted by Crippen LogP contribution is -2.30. The van der Waals surface area contributed by atoms with Gasteiger partial charge in [0, 0.05) is 30.5 Å². The molecule has 1 rings (SSSR count). The molecule has 6 nitrogen and oxygen atoms in total. The topological polar surface area (TPSA) is 85.2 Å². The quantitative estimate of drug-likeness (QED) is 0.314. The molecule has 0 aliphatic rings. The molecule has 0 aliphatic heterocycles. The first-order valence-corrected chi connectivity index (χ1v) is 8.00. The van der Waals surface area contributed by atoms with Crippen LogP contribution in [0.25, 0.3) is 0 Å². The summed E-state index contributed by atoms with van der Waals surface area (Å²) in [6.07, 6.45) is 1.42. The van der Waals surface area contributed by atoms with Crippen LogP contribution in [0, 0.1) is 11.3 Å². The van der Waals surface area contributed by atoms with Crippen LogP contribution < -0.4 is 10.6 Å². The number of rotatable bonds is 9. The number of ketones is 1. The Bertz CT molecular complexity index is 643. The fraction of sp³-hybridized carbons (Fsp3) is 0.389. The van der Waals surface area contributed by atoms with Gasteiger partial charge in [0.25, 0.3) is 5.91 Å². The summed E-state index contributed by atoms with van der Waals surface area (Å²) >= 11 is 0. The monoisotopic (exact) mass is 328 g/mol. The summed E-state index contributed by atoms with van der Waals surface area (Å²) in [4.78, 5) is 25.7. The summed E-state index contributed by atoms with van der Waals surface area (Å²) in [5.41, 5.74) is 0.979. The number of benzene rings is 1. The fourth-order valence-corrected chi connectivity index (χ4v) is 2.10. The van der Waals surface area contributed by atoms with Gasteiger partial charge >= 0.3 is 0 Å². The molecule has 0 aromatic heterocycles. The molecule has 0 saturated heterocycles. The highest BCUT2D eigenvalue weighted by atomic mass is 16.1. The molecule has 0 aliphatic carbocycles. The summed E-state index contributed by atoms with van der Waals surface area (Å²) in [6.45, 7) is 9.04. The second-order valence-corrected chi connectivity index (χ2v) is 5.24. The van der Waals surface area contributed by atoms with Crippen LogP contribution in [-0.2, 0) is 4.79 Å². The van der Waals surface area contributed by atoms with E-state index in [1.165, 1.54) is 13.1 Å². The van der Waals surface area contributed by atoms with Gasteiger partial charge in [-0.25, -0.2) is 0 Å². The van der Waals surface area contributed by atoms with Gasteiger partial charge in [-0.3, -0.25) is 9.59 Å². The number of hydrogen-bond acceptors (Lipinski definition) is 5. The number of nitrogens with one attached hydrogen (secondary N) is 2. The van der Waals surface area contributed by atoms with E-state index in [2.05, 4.69) is 29.4 Å². The van der Waals surface area contributed by atoms with Gasteiger partial charge < -0.3 is 15.5 Å². The Balaban J connectivity index is 2.63. The standard InChI is InChI=1S/C18H24N4O2/c1-4-22(5-2)10-9-20-13-16(12-19)18(24)21-17-8-6-7-15(11-17)14(3)23/h6-8,11,13,20H,4-5,9-10H2,1-3H3,(H,21,24)/b16-13-. The summed E-state index contributed by atoms with van der Waals surface area (Å²) < 4.78 is 0. The van der Waals surface area contributed by atoms with Gasteiger partial charge in [-0.2, -0.15) is 5.26 Å². The van der Waals surface area contributed by atoms with E-state index in [4.69, 9.17) is 5.26 Å². The Morgan fingerprint density at radius 3 is 2.58 bits per heavy atom. The number of nitriles is 1. The van der Waals surface area contributed by atoms with Gasteiger partial charge in [0.05, 0.1) is 0 Å². The first-order valence-electron chi connectivity index (χ1n) is 8.00. The summed E-state index contributed by atoms with van der Waals surface area (Å²) in [7, 11) is 0. The van der Waals surface area contributed by atoms with E-state index in [1.54, 1.807) is 24.3 Å². The number of nitrogens with zero attached hydrogens (tertiary/aromatic N) is 2. The minimum atomic E-state index is -0.506. The highest BCUT2D eigenvalue weighted by Gasteiger charge is 2.10. The average Bonchev–Trinajstić information content (AvgIpc) is 2.58. The molecule has 0 saturated carbocycles. The first kappa shape index (κ1) is 19.4. The van der Waals surface area contributed by atoms with Crippen molar-refractivity contribution in [3.63, 3.8) is 0 Å². The normalized spacial score (nSPS) is 11.0. The van der Waals surface area contributed by atoms with Crippen molar-refractivity contribution in [2.24, 2.45) is 0 Å². The molecule has 1 amide bonds. The third-order valence-corrected chi connectivity index (χ3v) is 3.61. The number of hydrogen-bond donors (Lipinski definition) is 2. The highest BCUT2D eigenvalue weighted by molar-refractivity contribution is 6.07. The molecule has 1 aromatic rings. The zero-order valence-corrected chi connectivity index (χ0v) is 14.4. The van der Waals surface area contributed by atoms with Gasteiger partial charge in [-0.05, 0) is 32.1 Å². The Morgan fingerprint density at radius 1 is 1.29 bits per heavy atom. The molecule has 0 atom stereocenters. The lowest BCUT2D eigenvalue weighted by molar-refractivity contribution is -0.112. The summed E-state index contributed by atoms with van der Waals surface area (Å²) in [6, 6.07) is 8.50. The van der Waals surface area contributed by atoms with E-state index in [-0.39, 0.29) is 11.4 Å². The fourth-order valence-electron chi connectivity index (χ4n) is 2.10. The second-order valence-electron chi connectivity index (χ2n) is 5.24. The van der Waals surface area contributed by atoms with E-state index >= 15 is 0 Å². The van der Waals surface area contributed by atoms with E-state index < -0.39 is 5.91 Å². The lowest BCUT2D eigenvalue weighted by Gasteiger charge is -2.17.